The molecule has 0 fully saturated rings. The van der Waals surface area contributed by atoms with Gasteiger partial charge < -0.3 is 11.1 Å². The second-order valence-electron chi connectivity index (χ2n) is 3.30. The Morgan fingerprint density at radius 3 is 2.76 bits per heavy atom. The number of anilines is 1. The van der Waals surface area contributed by atoms with Crippen molar-refractivity contribution in [1.29, 1.82) is 0 Å². The maximum Gasteiger partial charge on any atom is 0.405 e. The Balaban J connectivity index is 2.56. The number of halogens is 3. The zero-order valence-electron chi connectivity index (χ0n) is 9.01. The number of amides is 2. The third-order valence-corrected chi connectivity index (χ3v) is 1.81. The predicted octanol–water partition coefficient (Wildman–Crippen LogP) is 0.563. The Morgan fingerprint density at radius 1 is 1.59 bits per heavy atom. The van der Waals surface area contributed by atoms with Crippen LogP contribution in [0.2, 0.25) is 0 Å². The van der Waals surface area contributed by atoms with Crippen LogP contribution in [0.15, 0.2) is 6.20 Å². The third kappa shape index (κ3) is 4.31. The molecule has 1 aromatic heterocycles. The SMILES string of the molecule is Cn1cc(CN)c(NC(=O)NCC(F)(F)F)n1. The van der Waals surface area contributed by atoms with Crippen molar-refractivity contribution in [2.45, 2.75) is 12.7 Å². The van der Waals surface area contributed by atoms with E-state index in [0.717, 1.165) is 0 Å². The van der Waals surface area contributed by atoms with Crippen molar-refractivity contribution >= 4 is 11.8 Å². The summed E-state index contributed by atoms with van der Waals surface area (Å²) >= 11 is 0. The van der Waals surface area contributed by atoms with Crippen LogP contribution in [0, 0.1) is 0 Å². The fraction of sp³-hybridized carbons (Fsp3) is 0.500. The predicted molar refractivity (Wildman–Crippen MR) is 54.2 cm³/mol. The van der Waals surface area contributed by atoms with Gasteiger partial charge in [-0.05, 0) is 0 Å². The molecule has 0 aliphatic carbocycles. The minimum absolute atomic E-state index is 0.128. The molecule has 0 aliphatic rings. The number of carbonyl (C=O) groups is 1. The van der Waals surface area contributed by atoms with E-state index in [1.54, 1.807) is 18.6 Å². The Kier molecular flexibility index (Phi) is 3.94. The molecule has 17 heavy (non-hydrogen) atoms. The number of aromatic nitrogens is 2. The zero-order valence-corrected chi connectivity index (χ0v) is 9.01. The van der Waals surface area contributed by atoms with Crippen molar-refractivity contribution < 1.29 is 18.0 Å². The molecule has 0 saturated carbocycles. The maximum atomic E-state index is 11.8. The maximum absolute atomic E-state index is 11.8. The van der Waals surface area contributed by atoms with Crippen molar-refractivity contribution in [3.63, 3.8) is 0 Å². The van der Waals surface area contributed by atoms with E-state index >= 15 is 0 Å². The first-order valence-electron chi connectivity index (χ1n) is 4.66. The third-order valence-electron chi connectivity index (χ3n) is 1.81. The highest BCUT2D eigenvalue weighted by Crippen LogP contribution is 2.13. The Bertz CT molecular complexity index is 400. The summed E-state index contributed by atoms with van der Waals surface area (Å²) in [6.07, 6.45) is -2.88. The highest BCUT2D eigenvalue weighted by atomic mass is 19.4. The topological polar surface area (TPSA) is 85.0 Å². The quantitative estimate of drug-likeness (QED) is 0.733. The van der Waals surface area contributed by atoms with E-state index in [1.807, 2.05) is 0 Å². The van der Waals surface area contributed by atoms with E-state index in [9.17, 15) is 18.0 Å². The van der Waals surface area contributed by atoms with Gasteiger partial charge in [0.15, 0.2) is 5.82 Å². The number of nitrogens with one attached hydrogen (secondary N) is 2. The molecule has 2 amide bonds. The summed E-state index contributed by atoms with van der Waals surface area (Å²) in [5, 5.41) is 7.71. The minimum Gasteiger partial charge on any atom is -0.329 e. The van der Waals surface area contributed by atoms with Gasteiger partial charge >= 0.3 is 12.2 Å². The number of alkyl halides is 3. The van der Waals surface area contributed by atoms with E-state index in [4.69, 9.17) is 5.73 Å². The monoisotopic (exact) mass is 251 g/mol. The average Bonchev–Trinajstić information content (AvgIpc) is 2.55. The fourth-order valence-corrected chi connectivity index (χ4v) is 1.12. The van der Waals surface area contributed by atoms with Crippen LogP contribution >= 0.6 is 0 Å². The van der Waals surface area contributed by atoms with Gasteiger partial charge in [-0.15, -0.1) is 0 Å². The highest BCUT2D eigenvalue weighted by Gasteiger charge is 2.27. The lowest BCUT2D eigenvalue weighted by Gasteiger charge is -2.08. The lowest BCUT2D eigenvalue weighted by atomic mass is 10.3. The molecule has 0 aliphatic heterocycles. The molecular formula is C8H12F3N5O. The standard InChI is InChI=1S/C8H12F3N5O/c1-16-3-5(2-12)6(15-16)14-7(17)13-4-8(9,10)11/h3H,2,4,12H2,1H3,(H2,13,14,15,17). The summed E-state index contributed by atoms with van der Waals surface area (Å²) in [5.74, 6) is 0.148. The zero-order chi connectivity index (χ0) is 13.1. The van der Waals surface area contributed by atoms with Crippen molar-refractivity contribution in [3.8, 4) is 0 Å². The number of carbonyl (C=O) groups excluding carboxylic acids is 1. The van der Waals surface area contributed by atoms with Crippen LogP contribution in [0.25, 0.3) is 0 Å². The molecule has 1 rings (SSSR count). The van der Waals surface area contributed by atoms with E-state index in [0.29, 0.717) is 5.56 Å². The van der Waals surface area contributed by atoms with Crippen molar-refractivity contribution in [2.75, 3.05) is 11.9 Å². The average molecular weight is 251 g/mol. The van der Waals surface area contributed by atoms with Gasteiger partial charge in [-0.3, -0.25) is 10.00 Å². The molecule has 0 saturated heterocycles. The van der Waals surface area contributed by atoms with Crippen molar-refractivity contribution in [2.24, 2.45) is 12.8 Å². The molecule has 6 nitrogen and oxygen atoms in total. The Hall–Kier alpha value is -1.77. The largest absolute Gasteiger partial charge is 0.405 e. The molecule has 0 atom stereocenters. The number of nitrogens with two attached hydrogens (primary N) is 1. The summed E-state index contributed by atoms with van der Waals surface area (Å²) in [4.78, 5) is 11.1. The van der Waals surface area contributed by atoms with Gasteiger partial charge in [-0.1, -0.05) is 0 Å². The molecule has 0 spiro atoms. The van der Waals surface area contributed by atoms with Crippen LogP contribution in [0.1, 0.15) is 5.56 Å². The van der Waals surface area contributed by atoms with Crippen LogP contribution in [0.3, 0.4) is 0 Å². The lowest BCUT2D eigenvalue weighted by molar-refractivity contribution is -0.122. The normalized spacial score (nSPS) is 11.4. The first kappa shape index (κ1) is 13.3. The molecule has 96 valence electrons. The molecule has 0 radical (unpaired) electrons. The van der Waals surface area contributed by atoms with Crippen LogP contribution in [0.5, 0.6) is 0 Å². The smallest absolute Gasteiger partial charge is 0.329 e. The fourth-order valence-electron chi connectivity index (χ4n) is 1.12. The van der Waals surface area contributed by atoms with Gasteiger partial charge in [0.2, 0.25) is 0 Å². The van der Waals surface area contributed by atoms with Crippen LogP contribution in [-0.2, 0) is 13.6 Å². The molecule has 1 aromatic rings. The number of rotatable bonds is 3. The summed E-state index contributed by atoms with van der Waals surface area (Å²) < 4.78 is 36.9. The molecule has 0 aromatic carbocycles. The van der Waals surface area contributed by atoms with E-state index in [1.165, 1.54) is 4.68 Å². The van der Waals surface area contributed by atoms with Crippen LogP contribution < -0.4 is 16.4 Å². The number of urea groups is 1. The number of aryl methyl sites for hydroxylation is 1. The lowest BCUT2D eigenvalue weighted by Crippen LogP contribution is -2.36. The molecule has 4 N–H and O–H groups in total. The molecular weight excluding hydrogens is 239 g/mol. The molecule has 0 unspecified atom stereocenters. The molecule has 0 bridgehead atoms. The first-order chi connectivity index (χ1) is 7.81. The van der Waals surface area contributed by atoms with E-state index in [-0.39, 0.29) is 12.4 Å². The first-order valence-corrected chi connectivity index (χ1v) is 4.66. The number of nitrogens with zero attached hydrogens (tertiary/aromatic N) is 2. The summed E-state index contributed by atoms with van der Waals surface area (Å²) in [7, 11) is 1.61. The van der Waals surface area contributed by atoms with Gasteiger partial charge in [0, 0.05) is 25.4 Å². The molecule has 1 heterocycles. The summed E-state index contributed by atoms with van der Waals surface area (Å²) in [6, 6.07) is -0.976. The van der Waals surface area contributed by atoms with Crippen LogP contribution in [-0.4, -0.2) is 28.5 Å². The van der Waals surface area contributed by atoms with E-state index in [2.05, 4.69) is 10.4 Å². The van der Waals surface area contributed by atoms with E-state index < -0.39 is 18.8 Å². The van der Waals surface area contributed by atoms with Gasteiger partial charge in [-0.25, -0.2) is 4.79 Å². The van der Waals surface area contributed by atoms with Crippen molar-refractivity contribution in [3.05, 3.63) is 11.8 Å². The van der Waals surface area contributed by atoms with Gasteiger partial charge in [0.1, 0.15) is 6.54 Å². The highest BCUT2D eigenvalue weighted by molar-refractivity contribution is 5.88. The second-order valence-corrected chi connectivity index (χ2v) is 3.30. The van der Waals surface area contributed by atoms with Gasteiger partial charge in [-0.2, -0.15) is 18.3 Å². The Morgan fingerprint density at radius 2 is 2.24 bits per heavy atom. The van der Waals surface area contributed by atoms with Crippen molar-refractivity contribution in [1.82, 2.24) is 15.1 Å². The van der Waals surface area contributed by atoms with Gasteiger partial charge in [0.25, 0.3) is 0 Å². The summed E-state index contributed by atoms with van der Waals surface area (Å²) in [6.45, 7) is -1.27. The minimum atomic E-state index is -4.45. The summed E-state index contributed by atoms with van der Waals surface area (Å²) in [5.41, 5.74) is 5.91. The number of hydrogen-bond donors (Lipinski definition) is 3. The Labute approximate surface area is 95.0 Å². The number of hydrogen-bond acceptors (Lipinski definition) is 3. The second kappa shape index (κ2) is 5.04. The van der Waals surface area contributed by atoms with Crippen LogP contribution in [0.4, 0.5) is 23.8 Å². The molecule has 9 heteroatoms. The van der Waals surface area contributed by atoms with Gasteiger partial charge in [0.05, 0.1) is 0 Å².